The summed E-state index contributed by atoms with van der Waals surface area (Å²) in [5.41, 5.74) is 7.60. The van der Waals surface area contributed by atoms with Gasteiger partial charge in [-0.3, -0.25) is 4.79 Å². The number of allylic oxidation sites excluding steroid dienone is 2. The van der Waals surface area contributed by atoms with Crippen LogP contribution in [0.4, 0.5) is 0 Å². The molecule has 2 heteroatoms. The number of hydrogen-bond acceptors (Lipinski definition) is 2. The van der Waals surface area contributed by atoms with Crippen LogP contribution in [0.5, 0.6) is 0 Å². The summed E-state index contributed by atoms with van der Waals surface area (Å²) in [6.45, 7) is 9.51. The van der Waals surface area contributed by atoms with E-state index < -0.39 is 0 Å². The van der Waals surface area contributed by atoms with Crippen LogP contribution in [-0.2, 0) is 4.79 Å². The summed E-state index contributed by atoms with van der Waals surface area (Å²) in [6.07, 6.45) is 0. The van der Waals surface area contributed by atoms with Crippen molar-refractivity contribution in [3.8, 4) is 0 Å². The lowest BCUT2D eigenvalue weighted by molar-refractivity contribution is -0.120. The van der Waals surface area contributed by atoms with Crippen molar-refractivity contribution in [3.63, 3.8) is 0 Å². The Bertz CT molecular complexity index is 200. The quantitative estimate of drug-likeness (QED) is 0.703. The van der Waals surface area contributed by atoms with Crippen molar-refractivity contribution < 1.29 is 4.79 Å². The predicted molar refractivity (Wildman–Crippen MR) is 51.6 cm³/mol. The van der Waals surface area contributed by atoms with Crippen LogP contribution in [0.25, 0.3) is 0 Å². The summed E-state index contributed by atoms with van der Waals surface area (Å²) < 4.78 is 0. The summed E-state index contributed by atoms with van der Waals surface area (Å²) in [5.74, 6) is 0.344. The summed E-state index contributed by atoms with van der Waals surface area (Å²) in [5, 5.41) is 0. The summed E-state index contributed by atoms with van der Waals surface area (Å²) in [6, 6.07) is 0. The lowest BCUT2D eigenvalue weighted by atomic mass is 9.87. The smallest absolute Gasteiger partial charge is 0.138 e. The number of rotatable bonds is 3. The van der Waals surface area contributed by atoms with Gasteiger partial charge in [0.15, 0.2) is 0 Å². The van der Waals surface area contributed by atoms with Gasteiger partial charge in [-0.05, 0) is 26.7 Å². The highest BCUT2D eigenvalue weighted by atomic mass is 16.1. The van der Waals surface area contributed by atoms with Gasteiger partial charge >= 0.3 is 0 Å². The molecule has 0 amide bonds. The summed E-state index contributed by atoms with van der Waals surface area (Å²) in [7, 11) is 0. The molecule has 0 radical (unpaired) electrons. The van der Waals surface area contributed by atoms with E-state index in [0.29, 0.717) is 0 Å². The Balaban J connectivity index is 4.77. The van der Waals surface area contributed by atoms with Crippen molar-refractivity contribution in [3.05, 3.63) is 11.3 Å². The largest absolute Gasteiger partial charge is 0.401 e. The number of carbonyl (C=O) groups is 1. The van der Waals surface area contributed by atoms with E-state index in [-0.39, 0.29) is 17.6 Å². The van der Waals surface area contributed by atoms with E-state index in [1.807, 2.05) is 27.7 Å². The lowest BCUT2D eigenvalue weighted by Crippen LogP contribution is -2.25. The van der Waals surface area contributed by atoms with Crippen LogP contribution in [0.15, 0.2) is 11.3 Å². The van der Waals surface area contributed by atoms with Gasteiger partial charge < -0.3 is 5.73 Å². The molecular formula is C10H19NO. The molecule has 70 valence electrons. The van der Waals surface area contributed by atoms with E-state index in [4.69, 9.17) is 5.73 Å². The number of hydrogen-bond donors (Lipinski definition) is 1. The second-order valence-electron chi connectivity index (χ2n) is 3.79. The molecule has 0 aromatic carbocycles. The first-order chi connectivity index (χ1) is 5.37. The van der Waals surface area contributed by atoms with Gasteiger partial charge in [0.05, 0.1) is 5.92 Å². The van der Waals surface area contributed by atoms with Crippen LogP contribution in [0.2, 0.25) is 0 Å². The van der Waals surface area contributed by atoms with Gasteiger partial charge in [-0.1, -0.05) is 19.4 Å². The Labute approximate surface area is 74.8 Å². The molecule has 0 aromatic heterocycles. The van der Waals surface area contributed by atoms with Gasteiger partial charge in [0, 0.05) is 5.70 Å². The van der Waals surface area contributed by atoms with Crippen molar-refractivity contribution in [2.24, 2.45) is 17.6 Å². The van der Waals surface area contributed by atoms with E-state index in [1.54, 1.807) is 6.92 Å². The number of ketones is 1. The van der Waals surface area contributed by atoms with Crippen LogP contribution >= 0.6 is 0 Å². The predicted octanol–water partition coefficient (Wildman–Crippen LogP) is 2.10. The fraction of sp³-hybridized carbons (Fsp3) is 0.700. The van der Waals surface area contributed by atoms with E-state index in [2.05, 4.69) is 0 Å². The van der Waals surface area contributed by atoms with Crippen molar-refractivity contribution in [2.45, 2.75) is 34.6 Å². The molecule has 0 fully saturated rings. The Morgan fingerprint density at radius 3 is 1.67 bits per heavy atom. The first-order valence-corrected chi connectivity index (χ1v) is 4.31. The minimum atomic E-state index is -0.102. The third kappa shape index (κ3) is 2.68. The number of carbonyl (C=O) groups excluding carboxylic acids is 1. The highest BCUT2D eigenvalue weighted by Crippen LogP contribution is 2.20. The van der Waals surface area contributed by atoms with Gasteiger partial charge in [-0.15, -0.1) is 0 Å². The van der Waals surface area contributed by atoms with E-state index in [0.717, 1.165) is 11.3 Å². The average Bonchev–Trinajstić information content (AvgIpc) is 1.85. The van der Waals surface area contributed by atoms with Gasteiger partial charge in [0.2, 0.25) is 0 Å². The SMILES string of the molecule is CC(=O)C(C(N)=C(C)C)C(C)C. The molecule has 0 heterocycles. The molecule has 0 spiro atoms. The normalized spacial score (nSPS) is 12.8. The fourth-order valence-electron chi connectivity index (χ4n) is 1.36. The van der Waals surface area contributed by atoms with Gasteiger partial charge in [0.25, 0.3) is 0 Å². The zero-order chi connectivity index (χ0) is 9.89. The third-order valence-electron chi connectivity index (χ3n) is 2.02. The van der Waals surface area contributed by atoms with Crippen LogP contribution in [0.1, 0.15) is 34.6 Å². The molecule has 0 bridgehead atoms. The lowest BCUT2D eigenvalue weighted by Gasteiger charge is -2.19. The molecule has 0 aliphatic heterocycles. The molecule has 0 saturated carbocycles. The highest BCUT2D eigenvalue weighted by Gasteiger charge is 2.21. The number of nitrogens with two attached hydrogens (primary N) is 1. The molecular weight excluding hydrogens is 150 g/mol. The molecule has 0 aliphatic rings. The zero-order valence-electron chi connectivity index (χ0n) is 8.64. The van der Waals surface area contributed by atoms with E-state index in [1.165, 1.54) is 0 Å². The zero-order valence-corrected chi connectivity index (χ0v) is 8.64. The van der Waals surface area contributed by atoms with Crippen LogP contribution in [-0.4, -0.2) is 5.78 Å². The van der Waals surface area contributed by atoms with E-state index >= 15 is 0 Å². The molecule has 1 unspecified atom stereocenters. The molecule has 1 atom stereocenters. The minimum Gasteiger partial charge on any atom is -0.401 e. The standard InChI is InChI=1S/C10H19NO/c1-6(2)9(8(5)12)10(11)7(3)4/h6,9H,11H2,1-5H3. The van der Waals surface area contributed by atoms with Gasteiger partial charge in [-0.25, -0.2) is 0 Å². The first kappa shape index (κ1) is 11.2. The van der Waals surface area contributed by atoms with Crippen molar-refractivity contribution in [2.75, 3.05) is 0 Å². The van der Waals surface area contributed by atoms with Crippen molar-refractivity contribution >= 4 is 5.78 Å². The Hall–Kier alpha value is -0.790. The molecule has 0 saturated heterocycles. The van der Waals surface area contributed by atoms with Gasteiger partial charge in [0.1, 0.15) is 5.78 Å². The average molecular weight is 169 g/mol. The van der Waals surface area contributed by atoms with Crippen molar-refractivity contribution in [1.82, 2.24) is 0 Å². The van der Waals surface area contributed by atoms with Crippen molar-refractivity contribution in [1.29, 1.82) is 0 Å². The topological polar surface area (TPSA) is 43.1 Å². The molecule has 0 aromatic rings. The maximum atomic E-state index is 11.2. The van der Waals surface area contributed by atoms with Gasteiger partial charge in [-0.2, -0.15) is 0 Å². The maximum Gasteiger partial charge on any atom is 0.138 e. The molecule has 2 nitrogen and oxygen atoms in total. The van der Waals surface area contributed by atoms with Crippen LogP contribution in [0.3, 0.4) is 0 Å². The second kappa shape index (κ2) is 4.29. The second-order valence-corrected chi connectivity index (χ2v) is 3.79. The maximum absolute atomic E-state index is 11.2. The fourth-order valence-corrected chi connectivity index (χ4v) is 1.36. The molecule has 0 aliphatic carbocycles. The van der Waals surface area contributed by atoms with Crippen LogP contribution in [0, 0.1) is 11.8 Å². The Morgan fingerprint density at radius 2 is 1.58 bits per heavy atom. The summed E-state index contributed by atoms with van der Waals surface area (Å²) >= 11 is 0. The highest BCUT2D eigenvalue weighted by molar-refractivity contribution is 5.81. The Morgan fingerprint density at radius 1 is 1.17 bits per heavy atom. The molecule has 12 heavy (non-hydrogen) atoms. The first-order valence-electron chi connectivity index (χ1n) is 4.31. The van der Waals surface area contributed by atoms with Crippen LogP contribution < -0.4 is 5.73 Å². The number of Topliss-reactive ketones (excluding diaryl/α,β-unsaturated/α-hetero) is 1. The minimum absolute atomic E-state index is 0.102. The molecule has 2 N–H and O–H groups in total. The Kier molecular flexibility index (Phi) is 4.01. The monoisotopic (exact) mass is 169 g/mol. The van der Waals surface area contributed by atoms with E-state index in [9.17, 15) is 4.79 Å². The third-order valence-corrected chi connectivity index (χ3v) is 2.02. The molecule has 0 rings (SSSR count). The summed E-state index contributed by atoms with van der Waals surface area (Å²) in [4.78, 5) is 11.2.